The Morgan fingerprint density at radius 3 is 2.58 bits per heavy atom. The van der Waals surface area contributed by atoms with Crippen molar-refractivity contribution in [2.75, 3.05) is 5.32 Å². The summed E-state index contributed by atoms with van der Waals surface area (Å²) in [6, 6.07) is 11.6. The topological polar surface area (TPSA) is 51.1 Å². The molecular formula is C19H17BrN2O2. The number of para-hydroxylation sites is 1. The molecular weight excluding hydrogens is 368 g/mol. The smallest absolute Gasteiger partial charge is 0.244 e. The lowest BCUT2D eigenvalue weighted by Crippen LogP contribution is -2.19. The molecule has 0 radical (unpaired) electrons. The Balaban J connectivity index is 1.90. The van der Waals surface area contributed by atoms with Gasteiger partial charge in [-0.3, -0.25) is 9.59 Å². The molecule has 0 aliphatic heterocycles. The highest BCUT2D eigenvalue weighted by atomic mass is 79.9. The number of hydrogen-bond donors (Lipinski definition) is 1. The van der Waals surface area contributed by atoms with Gasteiger partial charge >= 0.3 is 0 Å². The van der Waals surface area contributed by atoms with Crippen molar-refractivity contribution in [1.82, 2.24) is 4.57 Å². The lowest BCUT2D eigenvalue weighted by Gasteiger charge is -2.12. The largest absolute Gasteiger partial charge is 0.337 e. The fraction of sp³-hybridized carbons (Fsp3) is 0.158. The number of aromatic nitrogens is 1. The summed E-state index contributed by atoms with van der Waals surface area (Å²) in [5.41, 5.74) is 4.33. The summed E-state index contributed by atoms with van der Waals surface area (Å²) < 4.78 is 2.70. The van der Waals surface area contributed by atoms with Crippen LogP contribution in [0.4, 0.5) is 5.69 Å². The molecule has 0 saturated carbocycles. The molecule has 0 bridgehead atoms. The first-order chi connectivity index (χ1) is 11.5. The van der Waals surface area contributed by atoms with Crippen LogP contribution in [0, 0.1) is 13.8 Å². The minimum atomic E-state index is -0.121. The van der Waals surface area contributed by atoms with Crippen LogP contribution >= 0.6 is 15.9 Å². The van der Waals surface area contributed by atoms with E-state index in [2.05, 4.69) is 21.2 Å². The SMILES string of the molecule is Cc1cccc(C)c1NC(=O)Cn1cc(C=O)c2cc(Br)ccc21. The molecule has 5 heteroatoms. The predicted molar refractivity (Wildman–Crippen MR) is 99.6 cm³/mol. The van der Waals surface area contributed by atoms with Gasteiger partial charge in [0.05, 0.1) is 0 Å². The van der Waals surface area contributed by atoms with Crippen molar-refractivity contribution in [3.05, 3.63) is 63.8 Å². The van der Waals surface area contributed by atoms with Crippen molar-refractivity contribution in [2.24, 2.45) is 0 Å². The van der Waals surface area contributed by atoms with Crippen molar-refractivity contribution in [1.29, 1.82) is 0 Å². The maximum absolute atomic E-state index is 12.5. The minimum absolute atomic E-state index is 0.121. The van der Waals surface area contributed by atoms with E-state index in [1.165, 1.54) is 0 Å². The molecule has 1 amide bonds. The number of nitrogens with zero attached hydrogens (tertiary/aromatic N) is 1. The van der Waals surface area contributed by atoms with Crippen LogP contribution in [0.3, 0.4) is 0 Å². The van der Waals surface area contributed by atoms with Crippen LogP contribution in [0.5, 0.6) is 0 Å². The van der Waals surface area contributed by atoms with Gasteiger partial charge < -0.3 is 9.88 Å². The number of amides is 1. The summed E-state index contributed by atoms with van der Waals surface area (Å²) in [6.45, 7) is 4.09. The normalized spacial score (nSPS) is 10.8. The summed E-state index contributed by atoms with van der Waals surface area (Å²) in [5, 5.41) is 3.81. The second-order valence-electron chi connectivity index (χ2n) is 5.81. The second kappa shape index (κ2) is 6.61. The molecule has 4 nitrogen and oxygen atoms in total. The summed E-state index contributed by atoms with van der Waals surface area (Å²) in [5.74, 6) is -0.121. The number of carbonyl (C=O) groups excluding carboxylic acids is 2. The van der Waals surface area contributed by atoms with E-state index in [9.17, 15) is 9.59 Å². The fourth-order valence-corrected chi connectivity index (χ4v) is 3.23. The number of rotatable bonds is 4. The molecule has 0 aliphatic carbocycles. The maximum Gasteiger partial charge on any atom is 0.244 e. The Morgan fingerprint density at radius 2 is 1.92 bits per heavy atom. The van der Waals surface area contributed by atoms with E-state index in [0.717, 1.165) is 38.5 Å². The lowest BCUT2D eigenvalue weighted by molar-refractivity contribution is -0.116. The standard InChI is InChI=1S/C19H17BrN2O2/c1-12-4-3-5-13(2)19(12)21-18(24)10-22-9-14(11-23)16-8-15(20)6-7-17(16)22/h3-9,11H,10H2,1-2H3,(H,21,24). The van der Waals surface area contributed by atoms with E-state index in [0.29, 0.717) is 5.56 Å². The number of anilines is 1. The zero-order valence-electron chi connectivity index (χ0n) is 13.5. The third-order valence-corrected chi connectivity index (χ3v) is 4.55. The van der Waals surface area contributed by atoms with Gasteiger partial charge in [-0.05, 0) is 43.2 Å². The average molecular weight is 385 g/mol. The first-order valence-electron chi connectivity index (χ1n) is 7.59. The van der Waals surface area contributed by atoms with Gasteiger partial charge in [0.1, 0.15) is 6.54 Å². The van der Waals surface area contributed by atoms with Crippen LogP contribution in [0.2, 0.25) is 0 Å². The highest BCUT2D eigenvalue weighted by Crippen LogP contribution is 2.25. The quantitative estimate of drug-likeness (QED) is 0.674. The van der Waals surface area contributed by atoms with E-state index in [-0.39, 0.29) is 12.5 Å². The van der Waals surface area contributed by atoms with E-state index in [4.69, 9.17) is 0 Å². The number of halogens is 1. The molecule has 2 aromatic carbocycles. The summed E-state index contributed by atoms with van der Waals surface area (Å²) in [4.78, 5) is 23.7. The molecule has 0 atom stereocenters. The van der Waals surface area contributed by atoms with Gasteiger partial charge in [0.15, 0.2) is 6.29 Å². The van der Waals surface area contributed by atoms with E-state index < -0.39 is 0 Å². The number of fused-ring (bicyclic) bond motifs is 1. The van der Waals surface area contributed by atoms with E-state index in [1.54, 1.807) is 10.8 Å². The molecule has 1 aromatic heterocycles. The van der Waals surface area contributed by atoms with Gasteiger partial charge in [-0.15, -0.1) is 0 Å². The summed E-state index contributed by atoms with van der Waals surface area (Å²) in [6.07, 6.45) is 2.53. The van der Waals surface area contributed by atoms with Crippen molar-refractivity contribution in [2.45, 2.75) is 20.4 Å². The van der Waals surface area contributed by atoms with E-state index >= 15 is 0 Å². The molecule has 24 heavy (non-hydrogen) atoms. The van der Waals surface area contributed by atoms with Crippen LogP contribution in [0.1, 0.15) is 21.5 Å². The van der Waals surface area contributed by atoms with Gasteiger partial charge in [0, 0.05) is 32.8 Å². The molecule has 122 valence electrons. The van der Waals surface area contributed by atoms with Gasteiger partial charge in [-0.25, -0.2) is 0 Å². The minimum Gasteiger partial charge on any atom is -0.337 e. The van der Waals surface area contributed by atoms with Crippen molar-refractivity contribution in [3.63, 3.8) is 0 Å². The van der Waals surface area contributed by atoms with Crippen molar-refractivity contribution in [3.8, 4) is 0 Å². The molecule has 3 rings (SSSR count). The highest BCUT2D eigenvalue weighted by molar-refractivity contribution is 9.10. The Bertz CT molecular complexity index is 924. The molecule has 1 heterocycles. The lowest BCUT2D eigenvalue weighted by atomic mass is 10.1. The third kappa shape index (κ3) is 3.12. The first-order valence-corrected chi connectivity index (χ1v) is 8.38. The van der Waals surface area contributed by atoms with Crippen molar-refractivity contribution < 1.29 is 9.59 Å². The number of carbonyl (C=O) groups is 2. The molecule has 3 aromatic rings. The van der Waals surface area contributed by atoms with Crippen molar-refractivity contribution >= 4 is 44.7 Å². The zero-order chi connectivity index (χ0) is 17.3. The third-order valence-electron chi connectivity index (χ3n) is 4.06. The maximum atomic E-state index is 12.5. The molecule has 0 fully saturated rings. The van der Waals surface area contributed by atoms with Gasteiger partial charge in [-0.2, -0.15) is 0 Å². The van der Waals surface area contributed by atoms with E-state index in [1.807, 2.05) is 50.2 Å². The Morgan fingerprint density at radius 1 is 1.21 bits per heavy atom. The monoisotopic (exact) mass is 384 g/mol. The summed E-state index contributed by atoms with van der Waals surface area (Å²) >= 11 is 3.41. The molecule has 1 N–H and O–H groups in total. The first kappa shape index (κ1) is 16.5. The highest BCUT2D eigenvalue weighted by Gasteiger charge is 2.12. The molecule has 0 saturated heterocycles. The van der Waals surface area contributed by atoms with Crippen LogP contribution in [-0.2, 0) is 11.3 Å². The fourth-order valence-electron chi connectivity index (χ4n) is 2.87. The Kier molecular flexibility index (Phi) is 4.53. The number of hydrogen-bond acceptors (Lipinski definition) is 2. The summed E-state index contributed by atoms with van der Waals surface area (Å²) in [7, 11) is 0. The number of nitrogens with one attached hydrogen (secondary N) is 1. The zero-order valence-corrected chi connectivity index (χ0v) is 15.1. The molecule has 0 spiro atoms. The Labute approximate surface area is 148 Å². The van der Waals surface area contributed by atoms with Crippen LogP contribution < -0.4 is 5.32 Å². The second-order valence-corrected chi connectivity index (χ2v) is 6.72. The predicted octanol–water partition coefficient (Wildman–Crippen LogP) is 4.47. The number of aldehydes is 1. The Hall–Kier alpha value is -2.40. The number of aryl methyl sites for hydroxylation is 2. The van der Waals surface area contributed by atoms with Gasteiger partial charge in [0.2, 0.25) is 5.91 Å². The van der Waals surface area contributed by atoms with Crippen LogP contribution in [0.25, 0.3) is 10.9 Å². The molecule has 0 aliphatic rings. The molecule has 0 unspecified atom stereocenters. The van der Waals surface area contributed by atoms with Crippen LogP contribution in [-0.4, -0.2) is 16.8 Å². The number of benzene rings is 2. The van der Waals surface area contributed by atoms with Gasteiger partial charge in [0.25, 0.3) is 0 Å². The van der Waals surface area contributed by atoms with Crippen LogP contribution in [0.15, 0.2) is 47.1 Å². The average Bonchev–Trinajstić information content (AvgIpc) is 2.88. The van der Waals surface area contributed by atoms with Gasteiger partial charge in [-0.1, -0.05) is 34.1 Å².